The lowest BCUT2D eigenvalue weighted by Crippen LogP contribution is -2.55. The lowest BCUT2D eigenvalue weighted by Gasteiger charge is -2.37. The topological polar surface area (TPSA) is 270 Å². The van der Waals surface area contributed by atoms with E-state index in [0.29, 0.717) is 44.9 Å². The molecule has 1 heterocycles. The van der Waals surface area contributed by atoms with Crippen LogP contribution in [0, 0.1) is 11.8 Å². The Morgan fingerprint density at radius 2 is 1.34 bits per heavy atom. The number of phosphoric acid groups is 1. The van der Waals surface area contributed by atoms with E-state index in [9.17, 15) is 59.9 Å². The van der Waals surface area contributed by atoms with Crippen LogP contribution in [0.2, 0.25) is 0 Å². The Bertz CT molecular complexity index is 1350. The van der Waals surface area contributed by atoms with Gasteiger partial charge in [0.15, 0.2) is 6.10 Å². The van der Waals surface area contributed by atoms with Crippen LogP contribution in [0.1, 0.15) is 174 Å². The minimum atomic E-state index is -5.42. The molecule has 17 heteroatoms. The van der Waals surface area contributed by atoms with Gasteiger partial charge in [-0.3, -0.25) is 18.6 Å². The first-order valence-corrected chi connectivity index (χ1v) is 25.9. The Balaban J connectivity index is 2.14. The number of esters is 2. The summed E-state index contributed by atoms with van der Waals surface area (Å²) in [5, 5.41) is 90.0. The maximum Gasteiger partial charge on any atom is 0.472 e. The average molecular weight is 937 g/mol. The maximum absolute atomic E-state index is 13.5. The first-order chi connectivity index (χ1) is 30.6. The van der Waals surface area contributed by atoms with E-state index in [4.69, 9.17) is 18.5 Å². The minimum absolute atomic E-state index is 0.0488. The van der Waals surface area contributed by atoms with E-state index in [1.165, 1.54) is 50.7 Å². The number of allylic oxidation sites excluding steroid dienone is 2. The van der Waals surface area contributed by atoms with Gasteiger partial charge in [-0.1, -0.05) is 128 Å². The maximum atomic E-state index is 13.5. The van der Waals surface area contributed by atoms with Crippen LogP contribution in [-0.4, -0.2) is 132 Å². The van der Waals surface area contributed by atoms with E-state index in [1.54, 1.807) is 0 Å². The zero-order valence-electron chi connectivity index (χ0n) is 38.7. The van der Waals surface area contributed by atoms with E-state index in [0.717, 1.165) is 51.4 Å². The molecule has 1 aliphatic carbocycles. The number of fused-ring (bicyclic) bond motifs is 4. The summed E-state index contributed by atoms with van der Waals surface area (Å²) < 4.78 is 34.7. The van der Waals surface area contributed by atoms with Crippen LogP contribution in [0.15, 0.2) is 24.3 Å². The van der Waals surface area contributed by atoms with Gasteiger partial charge < -0.3 is 55.2 Å². The molecule has 16 nitrogen and oxygen atoms in total. The molecule has 0 aromatic carbocycles. The van der Waals surface area contributed by atoms with Crippen molar-refractivity contribution in [1.82, 2.24) is 0 Å². The van der Waals surface area contributed by atoms with Gasteiger partial charge in [-0.05, 0) is 51.4 Å². The second-order valence-corrected chi connectivity index (χ2v) is 19.3. The quantitative estimate of drug-likeness (QED) is 0.0246. The molecule has 0 radical (unpaired) electrons. The summed E-state index contributed by atoms with van der Waals surface area (Å²) in [5.41, 5.74) is 0. The Labute approximate surface area is 382 Å². The van der Waals surface area contributed by atoms with Crippen LogP contribution in [0.5, 0.6) is 0 Å². The van der Waals surface area contributed by atoms with Gasteiger partial charge in [0.2, 0.25) is 0 Å². The summed E-state index contributed by atoms with van der Waals surface area (Å²) >= 11 is 0. The predicted molar refractivity (Wildman–Crippen MR) is 242 cm³/mol. The van der Waals surface area contributed by atoms with Gasteiger partial charge in [0.05, 0.1) is 37.1 Å². The monoisotopic (exact) mass is 937 g/mol. The highest BCUT2D eigenvalue weighted by atomic mass is 31.2. The number of unbranched alkanes of at least 4 members (excludes halogenated alkanes) is 13. The third-order valence-corrected chi connectivity index (χ3v) is 13.3. The molecule has 0 spiro atoms. The zero-order valence-corrected chi connectivity index (χ0v) is 39.6. The summed E-state index contributed by atoms with van der Waals surface area (Å²) in [6, 6.07) is 0. The van der Waals surface area contributed by atoms with Crippen LogP contribution in [0.3, 0.4) is 0 Å². The van der Waals surface area contributed by atoms with Gasteiger partial charge in [0.25, 0.3) is 0 Å². The molecule has 13 atom stereocenters. The SMILES string of the molecule is CCCCCCCC/C=C\CCCCCCCC(=O)OC[C@@H]1COP(=O)(O)O[C@H]2[C@H](O)[C@@H](O)[C@H](O)[C@@H](CCCCCCC(=O)O1)[C@@H](O)C[C@@H](O)[C@H](/C=C/[C@@H](O)CCCCC)[C@@H](O)[C@H]2O. The Morgan fingerprint density at radius 1 is 0.750 bits per heavy atom. The molecular formula is C47H85O16P. The first-order valence-electron chi connectivity index (χ1n) is 24.4. The molecule has 2 bridgehead atoms. The molecule has 9 N–H and O–H groups in total. The fraction of sp³-hybridized carbons (Fsp3) is 0.872. The van der Waals surface area contributed by atoms with E-state index in [2.05, 4.69) is 19.1 Å². The number of aliphatic hydroxyl groups excluding tert-OH is 8. The van der Waals surface area contributed by atoms with Crippen LogP contribution in [0.25, 0.3) is 0 Å². The molecule has 2 aliphatic rings. The number of hydrogen-bond acceptors (Lipinski definition) is 15. The van der Waals surface area contributed by atoms with Crippen LogP contribution < -0.4 is 0 Å². The van der Waals surface area contributed by atoms with E-state index in [1.807, 2.05) is 6.92 Å². The lowest BCUT2D eigenvalue weighted by atomic mass is 9.82. The van der Waals surface area contributed by atoms with Gasteiger partial charge in [-0.15, -0.1) is 0 Å². The number of aliphatic hydroxyl groups is 8. The van der Waals surface area contributed by atoms with Crippen molar-refractivity contribution in [1.29, 1.82) is 0 Å². The Hall–Kier alpha value is -1.79. The second-order valence-electron chi connectivity index (χ2n) is 17.9. The van der Waals surface area contributed by atoms with Gasteiger partial charge >= 0.3 is 19.8 Å². The molecule has 2 fully saturated rings. The van der Waals surface area contributed by atoms with Crippen LogP contribution in [0.4, 0.5) is 0 Å². The summed E-state index contributed by atoms with van der Waals surface area (Å²) in [5.74, 6) is -3.87. The summed E-state index contributed by atoms with van der Waals surface area (Å²) in [6.45, 7) is 2.85. The van der Waals surface area contributed by atoms with E-state index < -0.39 is 112 Å². The average Bonchev–Trinajstić information content (AvgIpc) is 3.26. The molecule has 0 amide bonds. The van der Waals surface area contributed by atoms with Gasteiger partial charge in [-0.25, -0.2) is 4.57 Å². The molecule has 1 saturated heterocycles. The summed E-state index contributed by atoms with van der Waals surface area (Å²) in [4.78, 5) is 36.4. The number of rotatable bonds is 23. The highest BCUT2D eigenvalue weighted by Gasteiger charge is 2.49. The van der Waals surface area contributed by atoms with Crippen molar-refractivity contribution in [3.05, 3.63) is 24.3 Å². The standard InChI is InChI=1S/C47H85O16P/c1-3-5-7-8-9-10-11-12-13-14-15-16-17-18-23-27-40(51)60-32-35-33-61-64(58,59)63-47-45(56)43(54)37(30-29-34(48)25-21-6-4-2)39(50)31-38(49)36(42(53)44(55)46(47)57)26-22-19-20-24-28-41(52)62-35/h12-13,29-30,34-39,42-50,53-57H,3-11,14-28,31-33H2,1-2H3,(H,58,59)/b13-12-,30-29+/t34-,35+,36-,37-,38-,39+,42+,43+,44-,45+,46+,47+/m0/s1. The molecule has 374 valence electrons. The van der Waals surface area contributed by atoms with Crippen LogP contribution in [-0.2, 0) is 32.7 Å². The normalized spacial score (nSPS) is 32.5. The molecule has 1 aliphatic heterocycles. The van der Waals surface area contributed by atoms with E-state index in [-0.39, 0.29) is 19.3 Å². The molecule has 1 saturated carbocycles. The number of carbonyl (C=O) groups excluding carboxylic acids is 2. The number of ether oxygens (including phenoxy) is 2. The number of hydrogen-bond donors (Lipinski definition) is 9. The summed E-state index contributed by atoms with van der Waals surface area (Å²) in [6.07, 6.45) is 6.89. The number of phosphoric ester groups is 1. The Morgan fingerprint density at radius 3 is 2.02 bits per heavy atom. The smallest absolute Gasteiger partial charge is 0.462 e. The van der Waals surface area contributed by atoms with Crippen molar-refractivity contribution < 1.29 is 78.4 Å². The van der Waals surface area contributed by atoms with Crippen molar-refractivity contribution >= 4 is 19.8 Å². The fourth-order valence-corrected chi connectivity index (χ4v) is 9.29. The van der Waals surface area contributed by atoms with Crippen molar-refractivity contribution in [2.75, 3.05) is 13.2 Å². The van der Waals surface area contributed by atoms with Crippen molar-refractivity contribution in [3.63, 3.8) is 0 Å². The highest BCUT2D eigenvalue weighted by Crippen LogP contribution is 2.47. The first kappa shape index (κ1) is 58.3. The van der Waals surface area contributed by atoms with Gasteiger partial charge in [-0.2, -0.15) is 0 Å². The third kappa shape index (κ3) is 23.8. The highest BCUT2D eigenvalue weighted by molar-refractivity contribution is 7.47. The molecule has 0 aromatic rings. The van der Waals surface area contributed by atoms with Crippen LogP contribution >= 0.6 is 7.82 Å². The van der Waals surface area contributed by atoms with Crippen molar-refractivity contribution in [2.45, 2.75) is 235 Å². The van der Waals surface area contributed by atoms with Crippen molar-refractivity contribution in [2.24, 2.45) is 11.8 Å². The minimum Gasteiger partial charge on any atom is -0.462 e. The molecule has 2 rings (SSSR count). The Kier molecular flexibility index (Phi) is 30.7. The molecule has 64 heavy (non-hydrogen) atoms. The fourth-order valence-electron chi connectivity index (χ4n) is 8.32. The van der Waals surface area contributed by atoms with Crippen molar-refractivity contribution in [3.8, 4) is 0 Å². The largest absolute Gasteiger partial charge is 0.472 e. The molecule has 1 unspecified atom stereocenters. The predicted octanol–water partition coefficient (Wildman–Crippen LogP) is 6.00. The molecule has 0 aromatic heterocycles. The lowest BCUT2D eigenvalue weighted by molar-refractivity contribution is -0.167. The number of cyclic esters (lactones) is 1. The summed E-state index contributed by atoms with van der Waals surface area (Å²) in [7, 11) is -5.42. The van der Waals surface area contributed by atoms with Gasteiger partial charge in [0, 0.05) is 31.1 Å². The number of carbonyl (C=O) groups is 2. The van der Waals surface area contributed by atoms with Gasteiger partial charge in [0.1, 0.15) is 31.0 Å². The molecular weight excluding hydrogens is 851 g/mol. The van der Waals surface area contributed by atoms with E-state index >= 15 is 0 Å². The second kappa shape index (κ2) is 33.6. The third-order valence-electron chi connectivity index (χ3n) is 12.4. The zero-order chi connectivity index (χ0) is 47.3.